The highest BCUT2D eigenvalue weighted by molar-refractivity contribution is 5.79. The van der Waals surface area contributed by atoms with Crippen molar-refractivity contribution >= 4 is 10.9 Å². The molecule has 0 atom stereocenters. The van der Waals surface area contributed by atoms with Crippen molar-refractivity contribution in [1.29, 1.82) is 0 Å². The van der Waals surface area contributed by atoms with Gasteiger partial charge >= 0.3 is 0 Å². The van der Waals surface area contributed by atoms with Gasteiger partial charge in [-0.3, -0.25) is 4.98 Å². The molecule has 18 heavy (non-hydrogen) atoms. The van der Waals surface area contributed by atoms with E-state index in [-0.39, 0.29) is 5.41 Å². The molecule has 1 aromatic carbocycles. The van der Waals surface area contributed by atoms with Crippen LogP contribution in [-0.2, 0) is 5.41 Å². The van der Waals surface area contributed by atoms with E-state index in [1.807, 2.05) is 0 Å². The van der Waals surface area contributed by atoms with Crippen LogP contribution in [0.25, 0.3) is 10.9 Å². The summed E-state index contributed by atoms with van der Waals surface area (Å²) in [5.41, 5.74) is 9.73. The second kappa shape index (κ2) is 4.36. The number of hydrogen-bond donors (Lipinski definition) is 1. The molecule has 1 fully saturated rings. The van der Waals surface area contributed by atoms with Gasteiger partial charge < -0.3 is 5.73 Å². The number of hydrogen-bond acceptors (Lipinski definition) is 2. The highest BCUT2D eigenvalue weighted by Gasteiger charge is 2.35. The van der Waals surface area contributed by atoms with Crippen molar-refractivity contribution in [1.82, 2.24) is 4.98 Å². The predicted molar refractivity (Wildman–Crippen MR) is 75.7 cm³/mol. The molecule has 0 radical (unpaired) electrons. The molecular formula is C16H20N2. The maximum Gasteiger partial charge on any atom is 0.0708 e. The summed E-state index contributed by atoms with van der Waals surface area (Å²) in [5, 5.41) is 1.22. The van der Waals surface area contributed by atoms with Crippen molar-refractivity contribution in [2.24, 2.45) is 5.73 Å². The SMILES string of the molecule is Cc1ccc2ccc(C3(CN)CCCC3)nc2c1. The number of nitrogens with zero attached hydrogens (tertiary/aromatic N) is 1. The molecule has 2 aromatic rings. The average molecular weight is 240 g/mol. The van der Waals surface area contributed by atoms with Gasteiger partial charge in [0, 0.05) is 23.0 Å². The van der Waals surface area contributed by atoms with Crippen LogP contribution in [0.5, 0.6) is 0 Å². The van der Waals surface area contributed by atoms with E-state index in [9.17, 15) is 0 Å². The number of aryl methyl sites for hydroxylation is 1. The molecule has 1 heterocycles. The van der Waals surface area contributed by atoms with E-state index < -0.39 is 0 Å². The van der Waals surface area contributed by atoms with Gasteiger partial charge in [0.25, 0.3) is 0 Å². The third kappa shape index (κ3) is 1.81. The second-order valence-electron chi connectivity index (χ2n) is 5.58. The zero-order valence-corrected chi connectivity index (χ0v) is 10.9. The van der Waals surface area contributed by atoms with Crippen LogP contribution in [0.4, 0.5) is 0 Å². The minimum Gasteiger partial charge on any atom is -0.330 e. The number of aromatic nitrogens is 1. The summed E-state index contributed by atoms with van der Waals surface area (Å²) < 4.78 is 0. The van der Waals surface area contributed by atoms with Gasteiger partial charge in [0.05, 0.1) is 5.52 Å². The van der Waals surface area contributed by atoms with Crippen molar-refractivity contribution in [2.75, 3.05) is 6.54 Å². The molecule has 2 N–H and O–H groups in total. The highest BCUT2D eigenvalue weighted by Crippen LogP contribution is 2.39. The third-order valence-corrected chi connectivity index (χ3v) is 4.34. The standard InChI is InChI=1S/C16H20N2/c1-12-4-5-13-6-7-15(18-14(13)10-12)16(11-17)8-2-3-9-16/h4-7,10H,2-3,8-9,11,17H2,1H3. The molecule has 1 aliphatic carbocycles. The van der Waals surface area contributed by atoms with Gasteiger partial charge in [-0.1, -0.05) is 31.0 Å². The first-order chi connectivity index (χ1) is 8.73. The van der Waals surface area contributed by atoms with E-state index in [1.165, 1.54) is 42.3 Å². The molecule has 0 unspecified atom stereocenters. The van der Waals surface area contributed by atoms with Gasteiger partial charge in [0.2, 0.25) is 0 Å². The fourth-order valence-corrected chi connectivity index (χ4v) is 3.14. The first-order valence-corrected chi connectivity index (χ1v) is 6.81. The Bertz CT molecular complexity index is 568. The van der Waals surface area contributed by atoms with E-state index >= 15 is 0 Å². The molecule has 1 aromatic heterocycles. The molecule has 94 valence electrons. The summed E-state index contributed by atoms with van der Waals surface area (Å²) in [6.45, 7) is 2.83. The Morgan fingerprint density at radius 2 is 1.89 bits per heavy atom. The van der Waals surface area contributed by atoms with Crippen LogP contribution in [0.3, 0.4) is 0 Å². The molecule has 2 nitrogen and oxygen atoms in total. The van der Waals surface area contributed by atoms with Crippen LogP contribution in [-0.4, -0.2) is 11.5 Å². The van der Waals surface area contributed by atoms with Gasteiger partial charge in [-0.25, -0.2) is 0 Å². The van der Waals surface area contributed by atoms with Gasteiger partial charge in [0.15, 0.2) is 0 Å². The molecule has 2 heteroatoms. The summed E-state index contributed by atoms with van der Waals surface area (Å²) in [6.07, 6.45) is 4.94. The smallest absolute Gasteiger partial charge is 0.0708 e. The van der Waals surface area contributed by atoms with Crippen LogP contribution in [0.2, 0.25) is 0 Å². The zero-order valence-electron chi connectivity index (χ0n) is 10.9. The normalized spacial score (nSPS) is 18.3. The Morgan fingerprint density at radius 3 is 2.61 bits per heavy atom. The molecule has 1 saturated carbocycles. The molecule has 1 aliphatic rings. The lowest BCUT2D eigenvalue weighted by Crippen LogP contribution is -2.32. The molecular weight excluding hydrogens is 220 g/mol. The number of rotatable bonds is 2. The number of fused-ring (bicyclic) bond motifs is 1. The third-order valence-electron chi connectivity index (χ3n) is 4.34. The van der Waals surface area contributed by atoms with Crippen molar-refractivity contribution in [3.8, 4) is 0 Å². The fraction of sp³-hybridized carbons (Fsp3) is 0.438. The summed E-state index contributed by atoms with van der Waals surface area (Å²) in [6, 6.07) is 10.8. The number of pyridine rings is 1. The highest BCUT2D eigenvalue weighted by atomic mass is 14.8. The van der Waals surface area contributed by atoms with Crippen molar-refractivity contribution in [2.45, 2.75) is 38.0 Å². The second-order valence-corrected chi connectivity index (χ2v) is 5.58. The topological polar surface area (TPSA) is 38.9 Å². The van der Waals surface area contributed by atoms with E-state index in [0.29, 0.717) is 0 Å². The van der Waals surface area contributed by atoms with Gasteiger partial charge in [-0.05, 0) is 37.5 Å². The quantitative estimate of drug-likeness (QED) is 0.874. The Kier molecular flexibility index (Phi) is 2.83. The van der Waals surface area contributed by atoms with Gasteiger partial charge in [-0.2, -0.15) is 0 Å². The summed E-state index contributed by atoms with van der Waals surface area (Å²) in [4.78, 5) is 4.88. The number of nitrogens with two attached hydrogens (primary N) is 1. The maximum absolute atomic E-state index is 6.03. The summed E-state index contributed by atoms with van der Waals surface area (Å²) in [5.74, 6) is 0. The first kappa shape index (κ1) is 11.7. The van der Waals surface area contributed by atoms with Crippen LogP contribution in [0.15, 0.2) is 30.3 Å². The van der Waals surface area contributed by atoms with Crippen LogP contribution < -0.4 is 5.73 Å². The van der Waals surface area contributed by atoms with Crippen LogP contribution >= 0.6 is 0 Å². The Hall–Kier alpha value is -1.41. The van der Waals surface area contributed by atoms with E-state index in [1.54, 1.807) is 0 Å². The minimum atomic E-state index is 0.137. The Morgan fingerprint density at radius 1 is 1.17 bits per heavy atom. The van der Waals surface area contributed by atoms with Crippen molar-refractivity contribution < 1.29 is 0 Å². The summed E-state index contributed by atoms with van der Waals surface area (Å²) in [7, 11) is 0. The predicted octanol–water partition coefficient (Wildman–Crippen LogP) is 3.31. The fourth-order valence-electron chi connectivity index (χ4n) is 3.14. The maximum atomic E-state index is 6.03. The van der Waals surface area contributed by atoms with Crippen LogP contribution in [0, 0.1) is 6.92 Å². The molecule has 0 aliphatic heterocycles. The Labute approximate surface area is 108 Å². The average Bonchev–Trinajstić information content (AvgIpc) is 2.88. The first-order valence-electron chi connectivity index (χ1n) is 6.81. The molecule has 3 rings (SSSR count). The van der Waals surface area contributed by atoms with Crippen molar-refractivity contribution in [3.63, 3.8) is 0 Å². The van der Waals surface area contributed by atoms with Gasteiger partial charge in [-0.15, -0.1) is 0 Å². The lowest BCUT2D eigenvalue weighted by molar-refractivity contribution is 0.441. The zero-order chi connectivity index (χ0) is 12.6. The summed E-state index contributed by atoms with van der Waals surface area (Å²) >= 11 is 0. The monoisotopic (exact) mass is 240 g/mol. The number of benzene rings is 1. The van der Waals surface area contributed by atoms with E-state index in [4.69, 9.17) is 10.7 Å². The molecule has 0 amide bonds. The van der Waals surface area contributed by atoms with Crippen LogP contribution in [0.1, 0.15) is 36.9 Å². The van der Waals surface area contributed by atoms with Gasteiger partial charge in [0.1, 0.15) is 0 Å². The van der Waals surface area contributed by atoms with E-state index in [2.05, 4.69) is 37.3 Å². The molecule has 0 bridgehead atoms. The lowest BCUT2D eigenvalue weighted by Gasteiger charge is -2.26. The molecule has 0 spiro atoms. The Balaban J connectivity index is 2.12. The largest absolute Gasteiger partial charge is 0.330 e. The van der Waals surface area contributed by atoms with Crippen molar-refractivity contribution in [3.05, 3.63) is 41.6 Å². The minimum absolute atomic E-state index is 0.137. The molecule has 0 saturated heterocycles. The lowest BCUT2D eigenvalue weighted by atomic mass is 9.82. The van der Waals surface area contributed by atoms with E-state index in [0.717, 1.165) is 12.1 Å².